The highest BCUT2D eigenvalue weighted by atomic mass is 35.5. The van der Waals surface area contributed by atoms with Gasteiger partial charge in [-0.1, -0.05) is 17.7 Å². The molecule has 1 atom stereocenters. The molecule has 0 saturated heterocycles. The zero-order chi connectivity index (χ0) is 15.1. The molecule has 3 aromatic rings. The SMILES string of the molecule is O=C1CC(c2cccn2-c2cccc(Cl)c2)c2cn[nH]c2N1. The number of fused-ring (bicyclic) bond motifs is 1. The lowest BCUT2D eigenvalue weighted by molar-refractivity contribution is -0.116. The summed E-state index contributed by atoms with van der Waals surface area (Å²) in [5, 5.41) is 10.4. The second-order valence-corrected chi connectivity index (χ2v) is 5.72. The van der Waals surface area contributed by atoms with Crippen LogP contribution >= 0.6 is 11.6 Å². The number of carbonyl (C=O) groups excluding carboxylic acids is 1. The van der Waals surface area contributed by atoms with Gasteiger partial charge in [0.2, 0.25) is 5.91 Å². The van der Waals surface area contributed by atoms with Crippen molar-refractivity contribution in [2.24, 2.45) is 0 Å². The summed E-state index contributed by atoms with van der Waals surface area (Å²) in [4.78, 5) is 11.9. The smallest absolute Gasteiger partial charge is 0.226 e. The first-order chi connectivity index (χ1) is 10.7. The summed E-state index contributed by atoms with van der Waals surface area (Å²) >= 11 is 6.09. The fourth-order valence-corrected chi connectivity index (χ4v) is 3.13. The van der Waals surface area contributed by atoms with E-state index in [4.69, 9.17) is 11.6 Å². The Morgan fingerprint density at radius 3 is 3.05 bits per heavy atom. The second-order valence-electron chi connectivity index (χ2n) is 5.29. The normalized spacial score (nSPS) is 17.1. The summed E-state index contributed by atoms with van der Waals surface area (Å²) in [6, 6.07) is 11.7. The molecule has 0 bridgehead atoms. The van der Waals surface area contributed by atoms with Gasteiger partial charge < -0.3 is 9.88 Å². The van der Waals surface area contributed by atoms with Crippen LogP contribution in [0.1, 0.15) is 23.6 Å². The highest BCUT2D eigenvalue weighted by Crippen LogP contribution is 2.36. The van der Waals surface area contributed by atoms with Crippen molar-refractivity contribution in [2.75, 3.05) is 5.32 Å². The number of carbonyl (C=O) groups is 1. The summed E-state index contributed by atoms with van der Waals surface area (Å²) in [5.74, 6) is 0.636. The molecule has 1 aromatic carbocycles. The van der Waals surface area contributed by atoms with E-state index in [0.29, 0.717) is 17.3 Å². The summed E-state index contributed by atoms with van der Waals surface area (Å²) in [5.41, 5.74) is 3.02. The van der Waals surface area contributed by atoms with Gasteiger partial charge in [-0.3, -0.25) is 9.89 Å². The number of benzene rings is 1. The summed E-state index contributed by atoms with van der Waals surface area (Å²) in [6.07, 6.45) is 4.15. The molecule has 0 saturated carbocycles. The first-order valence-corrected chi connectivity index (χ1v) is 7.36. The van der Waals surface area contributed by atoms with Gasteiger partial charge in [0.25, 0.3) is 0 Å². The average molecular weight is 313 g/mol. The van der Waals surface area contributed by atoms with Gasteiger partial charge in [-0.2, -0.15) is 5.10 Å². The third-order valence-corrected chi connectivity index (χ3v) is 4.16. The first-order valence-electron chi connectivity index (χ1n) is 6.98. The van der Waals surface area contributed by atoms with Gasteiger partial charge in [-0.05, 0) is 30.3 Å². The van der Waals surface area contributed by atoms with Gasteiger partial charge >= 0.3 is 0 Å². The van der Waals surface area contributed by atoms with Gasteiger partial charge in [0.05, 0.1) is 6.20 Å². The molecule has 22 heavy (non-hydrogen) atoms. The van der Waals surface area contributed by atoms with Gasteiger partial charge in [0, 0.05) is 40.5 Å². The van der Waals surface area contributed by atoms with Crippen LogP contribution in [-0.4, -0.2) is 20.7 Å². The fourth-order valence-electron chi connectivity index (χ4n) is 2.95. The number of anilines is 1. The molecular formula is C16H13ClN4O. The number of nitrogens with zero attached hydrogens (tertiary/aromatic N) is 2. The summed E-state index contributed by atoms with van der Waals surface area (Å²) < 4.78 is 2.06. The van der Waals surface area contributed by atoms with Crippen molar-refractivity contribution in [3.05, 3.63) is 65.1 Å². The molecule has 2 aromatic heterocycles. The maximum Gasteiger partial charge on any atom is 0.226 e. The van der Waals surface area contributed by atoms with Crippen LogP contribution in [0.5, 0.6) is 0 Å². The van der Waals surface area contributed by atoms with Gasteiger partial charge in [-0.25, -0.2) is 0 Å². The maximum atomic E-state index is 11.9. The third-order valence-electron chi connectivity index (χ3n) is 3.92. The topological polar surface area (TPSA) is 62.7 Å². The highest BCUT2D eigenvalue weighted by Gasteiger charge is 2.30. The van der Waals surface area contributed by atoms with E-state index in [1.54, 1.807) is 6.20 Å². The number of hydrogen-bond donors (Lipinski definition) is 2. The molecule has 2 N–H and O–H groups in total. The van der Waals surface area contributed by atoms with Crippen molar-refractivity contribution in [3.63, 3.8) is 0 Å². The molecule has 5 nitrogen and oxygen atoms in total. The average Bonchev–Trinajstić information content (AvgIpc) is 3.15. The third kappa shape index (κ3) is 2.10. The molecule has 110 valence electrons. The quantitative estimate of drug-likeness (QED) is 0.762. The minimum Gasteiger partial charge on any atom is -0.320 e. The van der Waals surface area contributed by atoms with Crippen LogP contribution in [0.15, 0.2) is 48.8 Å². The van der Waals surface area contributed by atoms with Gasteiger partial charge in [0.15, 0.2) is 0 Å². The van der Waals surface area contributed by atoms with E-state index in [2.05, 4.69) is 20.1 Å². The number of rotatable bonds is 2. The van der Waals surface area contributed by atoms with Crippen LogP contribution in [0.25, 0.3) is 5.69 Å². The number of nitrogens with one attached hydrogen (secondary N) is 2. The van der Waals surface area contributed by atoms with E-state index in [1.165, 1.54) is 0 Å². The molecule has 1 aliphatic rings. The van der Waals surface area contributed by atoms with Crippen LogP contribution in [-0.2, 0) is 4.79 Å². The second kappa shape index (κ2) is 5.03. The Kier molecular flexibility index (Phi) is 3.01. The molecular weight excluding hydrogens is 300 g/mol. The van der Waals surface area contributed by atoms with E-state index < -0.39 is 0 Å². The molecule has 6 heteroatoms. The Hall–Kier alpha value is -2.53. The molecule has 4 rings (SSSR count). The number of aromatic amines is 1. The Balaban J connectivity index is 1.83. The Morgan fingerprint density at radius 1 is 1.27 bits per heavy atom. The molecule has 0 spiro atoms. The van der Waals surface area contributed by atoms with Crippen molar-refractivity contribution in [2.45, 2.75) is 12.3 Å². The van der Waals surface area contributed by atoms with Crippen molar-refractivity contribution in [1.29, 1.82) is 0 Å². The lowest BCUT2D eigenvalue weighted by Gasteiger charge is -2.23. The van der Waals surface area contributed by atoms with Gasteiger partial charge in [-0.15, -0.1) is 0 Å². The lowest BCUT2D eigenvalue weighted by Crippen LogP contribution is -2.24. The van der Waals surface area contributed by atoms with Crippen LogP contribution in [0.2, 0.25) is 5.02 Å². The molecule has 3 heterocycles. The predicted octanol–water partition coefficient (Wildman–Crippen LogP) is 3.33. The number of hydrogen-bond acceptors (Lipinski definition) is 2. The number of amides is 1. The first kappa shape index (κ1) is 13.2. The molecule has 1 amide bonds. The fraction of sp³-hybridized carbons (Fsp3) is 0.125. The van der Waals surface area contributed by atoms with E-state index in [1.807, 2.05) is 42.6 Å². The van der Waals surface area contributed by atoms with Crippen LogP contribution in [0.4, 0.5) is 5.82 Å². The molecule has 0 fully saturated rings. The van der Waals surface area contributed by atoms with E-state index in [0.717, 1.165) is 16.9 Å². The minimum atomic E-state index is -0.0310. The number of halogens is 1. The Morgan fingerprint density at radius 2 is 2.18 bits per heavy atom. The Labute approximate surface area is 131 Å². The van der Waals surface area contributed by atoms with E-state index in [-0.39, 0.29) is 11.8 Å². The minimum absolute atomic E-state index is 0.0133. The monoisotopic (exact) mass is 312 g/mol. The van der Waals surface area contributed by atoms with Crippen molar-refractivity contribution >= 4 is 23.3 Å². The number of aromatic nitrogens is 3. The van der Waals surface area contributed by atoms with Crippen molar-refractivity contribution < 1.29 is 4.79 Å². The highest BCUT2D eigenvalue weighted by molar-refractivity contribution is 6.30. The van der Waals surface area contributed by atoms with Gasteiger partial charge in [0.1, 0.15) is 5.82 Å². The van der Waals surface area contributed by atoms with Crippen LogP contribution in [0.3, 0.4) is 0 Å². The molecule has 1 aliphatic heterocycles. The van der Waals surface area contributed by atoms with Crippen LogP contribution in [0, 0.1) is 0 Å². The van der Waals surface area contributed by atoms with E-state index >= 15 is 0 Å². The summed E-state index contributed by atoms with van der Waals surface area (Å²) in [7, 11) is 0. The zero-order valence-electron chi connectivity index (χ0n) is 11.6. The predicted molar refractivity (Wildman–Crippen MR) is 84.5 cm³/mol. The maximum absolute atomic E-state index is 11.9. The zero-order valence-corrected chi connectivity index (χ0v) is 12.3. The lowest BCUT2D eigenvalue weighted by atomic mass is 9.91. The van der Waals surface area contributed by atoms with E-state index in [9.17, 15) is 4.79 Å². The van der Waals surface area contributed by atoms with Crippen molar-refractivity contribution in [3.8, 4) is 5.69 Å². The summed E-state index contributed by atoms with van der Waals surface area (Å²) in [6.45, 7) is 0. The van der Waals surface area contributed by atoms with Crippen molar-refractivity contribution in [1.82, 2.24) is 14.8 Å². The molecule has 0 aliphatic carbocycles. The van der Waals surface area contributed by atoms with Crippen LogP contribution < -0.4 is 5.32 Å². The number of H-pyrrole nitrogens is 1. The molecule has 1 unspecified atom stereocenters. The molecule has 0 radical (unpaired) electrons. The standard InChI is InChI=1S/C16H13ClN4O/c17-10-3-1-4-11(7-10)21-6-2-5-14(21)12-8-15(22)19-16-13(12)9-18-20-16/h1-7,9,12H,8H2,(H2,18,19,20,22). The Bertz CT molecular complexity index is 851. The largest absolute Gasteiger partial charge is 0.320 e.